The summed E-state index contributed by atoms with van der Waals surface area (Å²) in [4.78, 5) is 16.2. The number of halogens is 4. The monoisotopic (exact) mass is 541 g/mol. The molecule has 208 valence electrons. The predicted molar refractivity (Wildman–Crippen MR) is 142 cm³/mol. The van der Waals surface area contributed by atoms with Gasteiger partial charge in [-0.05, 0) is 85.4 Å². The van der Waals surface area contributed by atoms with Crippen LogP contribution in [0.2, 0.25) is 0 Å². The Morgan fingerprint density at radius 1 is 1.18 bits per heavy atom. The first-order chi connectivity index (χ1) is 18.5. The summed E-state index contributed by atoms with van der Waals surface area (Å²) < 4.78 is 53.3. The molecule has 2 saturated carbocycles. The second-order valence-electron chi connectivity index (χ2n) is 12.2. The summed E-state index contributed by atoms with van der Waals surface area (Å²) in [7, 11) is 0. The number of allylic oxidation sites excluding steroid dienone is 1. The number of likely N-dealkylation sites (tertiary alicyclic amines) is 1. The quantitative estimate of drug-likeness (QED) is 0.481. The predicted octanol–water partition coefficient (Wildman–Crippen LogP) is 5.65. The fourth-order valence-corrected chi connectivity index (χ4v) is 7.75. The first kappa shape index (κ1) is 26.5. The molecule has 39 heavy (non-hydrogen) atoms. The molecule has 4 nitrogen and oxygen atoms in total. The molecule has 8 heteroatoms. The Kier molecular flexibility index (Phi) is 6.42. The first-order valence-corrected chi connectivity index (χ1v) is 14.0. The van der Waals surface area contributed by atoms with Crippen molar-refractivity contribution < 1.29 is 22.4 Å². The van der Waals surface area contributed by atoms with Crippen LogP contribution in [0.5, 0.6) is 0 Å². The molecular weight excluding hydrogens is 506 g/mol. The third-order valence-corrected chi connectivity index (χ3v) is 10.0. The first-order valence-electron chi connectivity index (χ1n) is 14.0. The van der Waals surface area contributed by atoms with Crippen LogP contribution < -0.4 is 11.1 Å². The van der Waals surface area contributed by atoms with Crippen LogP contribution in [0.15, 0.2) is 48.5 Å². The number of carbonyl (C=O) groups is 1. The van der Waals surface area contributed by atoms with E-state index in [-0.39, 0.29) is 41.4 Å². The standard InChI is InChI=1S/C31H35F4N3O/c1-19-18-38(11-10-29(19)8-6-21-4-2-3-5-25(21)29)24-7-9-30(16-24,26-15-27(26)36)28(39)37-17-20-12-22(31(33,34)35)14-23(32)13-20/h2-6,8,12-14,19,24,26-27H,7,9-11,15-18,36H2,1H3,(H,37,39)/t19-,24?,26?,27?,29-,30?/m0/s1. The molecular formula is C31H35F4N3O. The van der Waals surface area contributed by atoms with Crippen molar-refractivity contribution in [3.8, 4) is 0 Å². The van der Waals surface area contributed by atoms with Gasteiger partial charge in [-0.25, -0.2) is 4.39 Å². The van der Waals surface area contributed by atoms with Crippen LogP contribution in [0, 0.1) is 23.1 Å². The van der Waals surface area contributed by atoms with Gasteiger partial charge < -0.3 is 11.1 Å². The molecule has 6 atom stereocenters. The highest BCUT2D eigenvalue weighted by molar-refractivity contribution is 5.84. The lowest BCUT2D eigenvalue weighted by Gasteiger charge is -2.46. The highest BCUT2D eigenvalue weighted by atomic mass is 19.4. The van der Waals surface area contributed by atoms with Gasteiger partial charge in [-0.1, -0.05) is 43.3 Å². The number of nitrogens with zero attached hydrogens (tertiary/aromatic N) is 1. The van der Waals surface area contributed by atoms with E-state index in [1.165, 1.54) is 11.1 Å². The number of fused-ring (bicyclic) bond motifs is 2. The van der Waals surface area contributed by atoms with Crippen LogP contribution in [0.3, 0.4) is 0 Å². The molecule has 1 spiro atoms. The van der Waals surface area contributed by atoms with Crippen LogP contribution in [0.25, 0.3) is 6.08 Å². The Morgan fingerprint density at radius 3 is 2.67 bits per heavy atom. The minimum Gasteiger partial charge on any atom is -0.352 e. The van der Waals surface area contributed by atoms with Gasteiger partial charge in [0.2, 0.25) is 5.91 Å². The van der Waals surface area contributed by atoms with E-state index in [0.717, 1.165) is 44.5 Å². The number of alkyl halides is 3. The normalized spacial score (nSPS) is 33.9. The van der Waals surface area contributed by atoms with Crippen LogP contribution in [-0.2, 0) is 22.9 Å². The van der Waals surface area contributed by atoms with Gasteiger partial charge in [0.05, 0.1) is 11.0 Å². The second kappa shape index (κ2) is 9.44. The molecule has 0 bridgehead atoms. The summed E-state index contributed by atoms with van der Waals surface area (Å²) in [6, 6.07) is 11.3. The number of nitrogens with two attached hydrogens (primary N) is 1. The third kappa shape index (κ3) is 4.59. The number of hydrogen-bond acceptors (Lipinski definition) is 3. The van der Waals surface area contributed by atoms with Crippen molar-refractivity contribution in [2.24, 2.45) is 23.0 Å². The molecule has 4 aliphatic rings. The molecule has 6 rings (SSSR count). The van der Waals surface area contributed by atoms with E-state index in [0.29, 0.717) is 24.8 Å². The lowest BCUT2D eigenvalue weighted by atomic mass is 9.67. The summed E-state index contributed by atoms with van der Waals surface area (Å²) in [5.74, 6) is -0.645. The zero-order valence-corrected chi connectivity index (χ0v) is 22.1. The lowest BCUT2D eigenvalue weighted by Crippen LogP contribution is -2.51. The smallest absolute Gasteiger partial charge is 0.352 e. The average molecular weight is 542 g/mol. The maximum absolute atomic E-state index is 13.9. The molecule has 4 unspecified atom stereocenters. The number of hydrogen-bond donors (Lipinski definition) is 2. The molecule has 0 radical (unpaired) electrons. The Balaban J connectivity index is 1.15. The molecule has 3 aliphatic carbocycles. The molecule has 2 aromatic rings. The molecule has 0 aromatic heterocycles. The van der Waals surface area contributed by atoms with Crippen molar-refractivity contribution >= 4 is 12.0 Å². The molecule has 1 saturated heterocycles. The molecule has 3 N–H and O–H groups in total. The van der Waals surface area contributed by atoms with Gasteiger partial charge >= 0.3 is 6.18 Å². The van der Waals surface area contributed by atoms with Crippen LogP contribution in [-0.4, -0.2) is 36.0 Å². The van der Waals surface area contributed by atoms with Gasteiger partial charge in [0.1, 0.15) is 5.82 Å². The van der Waals surface area contributed by atoms with E-state index in [2.05, 4.69) is 53.6 Å². The van der Waals surface area contributed by atoms with Crippen molar-refractivity contribution in [3.63, 3.8) is 0 Å². The number of nitrogens with one attached hydrogen (secondary N) is 1. The fourth-order valence-electron chi connectivity index (χ4n) is 7.75. The summed E-state index contributed by atoms with van der Waals surface area (Å²) in [6.07, 6.45) is 4.07. The van der Waals surface area contributed by atoms with Crippen LogP contribution in [0.4, 0.5) is 17.6 Å². The molecule has 2 aromatic carbocycles. The summed E-state index contributed by atoms with van der Waals surface area (Å²) >= 11 is 0. The van der Waals surface area contributed by atoms with E-state index in [9.17, 15) is 22.4 Å². The fraction of sp³-hybridized carbons (Fsp3) is 0.516. The Labute approximate surface area is 226 Å². The number of carbonyl (C=O) groups excluding carboxylic acids is 1. The van der Waals surface area contributed by atoms with E-state index < -0.39 is 23.0 Å². The van der Waals surface area contributed by atoms with E-state index in [4.69, 9.17) is 5.73 Å². The maximum Gasteiger partial charge on any atom is 0.416 e. The van der Waals surface area contributed by atoms with Gasteiger partial charge in [-0.15, -0.1) is 0 Å². The number of piperidine rings is 1. The number of benzene rings is 2. The molecule has 1 aliphatic heterocycles. The van der Waals surface area contributed by atoms with Crippen molar-refractivity contribution in [2.45, 2.75) is 69.2 Å². The van der Waals surface area contributed by atoms with E-state index >= 15 is 0 Å². The Morgan fingerprint density at radius 2 is 1.95 bits per heavy atom. The van der Waals surface area contributed by atoms with Crippen LogP contribution in [0.1, 0.15) is 61.3 Å². The van der Waals surface area contributed by atoms with Crippen molar-refractivity contribution in [3.05, 3.63) is 76.6 Å². The third-order valence-electron chi connectivity index (χ3n) is 10.0. The zero-order valence-electron chi connectivity index (χ0n) is 22.1. The number of rotatable bonds is 5. The lowest BCUT2D eigenvalue weighted by molar-refractivity contribution is -0.137. The maximum atomic E-state index is 13.9. The summed E-state index contributed by atoms with van der Waals surface area (Å²) in [5, 5.41) is 2.86. The van der Waals surface area contributed by atoms with Gasteiger partial charge in [0.15, 0.2) is 0 Å². The molecule has 3 fully saturated rings. The topological polar surface area (TPSA) is 58.4 Å². The Hall–Kier alpha value is -2.71. The van der Waals surface area contributed by atoms with Gasteiger partial charge in [-0.3, -0.25) is 9.69 Å². The van der Waals surface area contributed by atoms with Crippen molar-refractivity contribution in [2.75, 3.05) is 13.1 Å². The van der Waals surface area contributed by atoms with Crippen LogP contribution >= 0.6 is 0 Å². The van der Waals surface area contributed by atoms with E-state index in [1.807, 2.05) is 0 Å². The largest absolute Gasteiger partial charge is 0.416 e. The van der Waals surface area contributed by atoms with Gasteiger partial charge in [-0.2, -0.15) is 13.2 Å². The van der Waals surface area contributed by atoms with E-state index in [1.54, 1.807) is 0 Å². The second-order valence-corrected chi connectivity index (χ2v) is 12.2. The summed E-state index contributed by atoms with van der Waals surface area (Å²) in [5.41, 5.74) is 7.43. The Bertz CT molecular complexity index is 1310. The van der Waals surface area contributed by atoms with Crippen molar-refractivity contribution in [1.29, 1.82) is 0 Å². The highest BCUT2D eigenvalue weighted by Crippen LogP contribution is 2.56. The van der Waals surface area contributed by atoms with Crippen molar-refractivity contribution in [1.82, 2.24) is 10.2 Å². The average Bonchev–Trinajstić information content (AvgIpc) is 3.32. The number of amides is 1. The minimum atomic E-state index is -4.65. The highest BCUT2D eigenvalue weighted by Gasteiger charge is 2.59. The summed E-state index contributed by atoms with van der Waals surface area (Å²) in [6.45, 7) is 4.06. The SMILES string of the molecule is C[C@H]1CN(C2CCC(C(=O)NCc3cc(F)cc(C(F)(F)F)c3)(C3CC3N)C2)CC[C@@]12C=Cc1ccccc12. The zero-order chi connectivity index (χ0) is 27.6. The molecule has 1 heterocycles. The van der Waals surface area contributed by atoms with Gasteiger partial charge in [0.25, 0.3) is 0 Å². The molecule has 1 amide bonds. The minimum absolute atomic E-state index is 0.0378. The van der Waals surface area contributed by atoms with Gasteiger partial charge in [0, 0.05) is 30.6 Å².